The molecule has 3 aromatic rings. The van der Waals surface area contributed by atoms with Gasteiger partial charge in [-0.2, -0.15) is 0 Å². The van der Waals surface area contributed by atoms with E-state index in [0.717, 1.165) is 37.1 Å². The molecule has 0 aliphatic carbocycles. The van der Waals surface area contributed by atoms with E-state index in [1.54, 1.807) is 19.2 Å². The summed E-state index contributed by atoms with van der Waals surface area (Å²) in [5, 5.41) is 2.90. The summed E-state index contributed by atoms with van der Waals surface area (Å²) in [5.74, 6) is -0.806. The molecule has 156 valence electrons. The Morgan fingerprint density at radius 3 is 2.47 bits per heavy atom. The highest BCUT2D eigenvalue weighted by atomic mass is 16.5. The first-order valence-electron chi connectivity index (χ1n) is 9.91. The minimum absolute atomic E-state index is 0.123. The standard InChI is InChI=1S/C22H24N4O4/c1-24-18-7-3-4-8-19(18)26(22(24)29)14-20(27)23-16-13-15(21(28)30-2)9-10-17(16)25-11-5-6-12-25/h3-4,7-10,13H,5-6,11-12,14H2,1-2H3,(H,23,27). The van der Waals surface area contributed by atoms with Gasteiger partial charge in [-0.25, -0.2) is 9.59 Å². The number of carbonyl (C=O) groups is 2. The number of nitrogens with zero attached hydrogens (tertiary/aromatic N) is 3. The maximum Gasteiger partial charge on any atom is 0.337 e. The van der Waals surface area contributed by atoms with Gasteiger partial charge in [0.25, 0.3) is 0 Å². The molecule has 0 saturated carbocycles. The molecule has 8 heteroatoms. The first-order chi connectivity index (χ1) is 14.5. The second-order valence-electron chi connectivity index (χ2n) is 7.38. The van der Waals surface area contributed by atoms with Crippen molar-refractivity contribution in [2.45, 2.75) is 19.4 Å². The fraction of sp³-hybridized carbons (Fsp3) is 0.318. The zero-order valence-corrected chi connectivity index (χ0v) is 17.1. The fourth-order valence-corrected chi connectivity index (χ4v) is 3.96. The van der Waals surface area contributed by atoms with E-state index in [1.807, 2.05) is 30.3 Å². The van der Waals surface area contributed by atoms with Crippen LogP contribution in [-0.2, 0) is 23.1 Å². The van der Waals surface area contributed by atoms with Crippen LogP contribution in [0.4, 0.5) is 11.4 Å². The predicted octanol–water partition coefficient (Wildman–Crippen LogP) is 2.37. The van der Waals surface area contributed by atoms with E-state index in [1.165, 1.54) is 16.2 Å². The number of esters is 1. The molecular weight excluding hydrogens is 384 g/mol. The third-order valence-corrected chi connectivity index (χ3v) is 5.49. The summed E-state index contributed by atoms with van der Waals surface area (Å²) in [6.07, 6.45) is 2.16. The Hall–Kier alpha value is -3.55. The monoisotopic (exact) mass is 408 g/mol. The van der Waals surface area contributed by atoms with Crippen LogP contribution in [0, 0.1) is 0 Å². The average molecular weight is 408 g/mol. The highest BCUT2D eigenvalue weighted by Gasteiger charge is 2.20. The molecule has 2 heterocycles. The molecule has 1 N–H and O–H groups in total. The second-order valence-corrected chi connectivity index (χ2v) is 7.38. The van der Waals surface area contributed by atoms with Crippen LogP contribution in [-0.4, -0.2) is 41.2 Å². The van der Waals surface area contributed by atoms with Crippen molar-refractivity contribution in [3.05, 3.63) is 58.5 Å². The van der Waals surface area contributed by atoms with Crippen molar-refractivity contribution in [1.29, 1.82) is 0 Å². The maximum atomic E-state index is 12.9. The van der Waals surface area contributed by atoms with E-state index in [0.29, 0.717) is 16.8 Å². The summed E-state index contributed by atoms with van der Waals surface area (Å²) in [6, 6.07) is 12.5. The normalized spacial score (nSPS) is 13.6. The van der Waals surface area contributed by atoms with Gasteiger partial charge in [0.1, 0.15) is 6.54 Å². The predicted molar refractivity (Wildman–Crippen MR) is 115 cm³/mol. The molecule has 1 saturated heterocycles. The molecule has 1 fully saturated rings. The van der Waals surface area contributed by atoms with Crippen molar-refractivity contribution < 1.29 is 14.3 Å². The minimum Gasteiger partial charge on any atom is -0.465 e. The molecule has 0 bridgehead atoms. The van der Waals surface area contributed by atoms with E-state index in [-0.39, 0.29) is 18.1 Å². The molecule has 30 heavy (non-hydrogen) atoms. The van der Waals surface area contributed by atoms with Crippen LogP contribution in [0.15, 0.2) is 47.3 Å². The largest absolute Gasteiger partial charge is 0.465 e. The molecule has 1 amide bonds. The van der Waals surface area contributed by atoms with Crippen LogP contribution < -0.4 is 15.9 Å². The van der Waals surface area contributed by atoms with Crippen molar-refractivity contribution in [3.63, 3.8) is 0 Å². The van der Waals surface area contributed by atoms with Crippen molar-refractivity contribution in [2.75, 3.05) is 30.4 Å². The number of hydrogen-bond donors (Lipinski definition) is 1. The summed E-state index contributed by atoms with van der Waals surface area (Å²) in [4.78, 5) is 39.7. The number of hydrogen-bond acceptors (Lipinski definition) is 5. The average Bonchev–Trinajstić information content (AvgIpc) is 3.37. The molecule has 0 atom stereocenters. The zero-order chi connectivity index (χ0) is 21.3. The Labute approximate surface area is 173 Å². The number of carbonyl (C=O) groups excluding carboxylic acids is 2. The molecule has 1 aliphatic heterocycles. The van der Waals surface area contributed by atoms with Gasteiger partial charge in [0.05, 0.1) is 35.1 Å². The first-order valence-corrected chi connectivity index (χ1v) is 9.91. The summed E-state index contributed by atoms with van der Waals surface area (Å²) >= 11 is 0. The number of amides is 1. The van der Waals surface area contributed by atoms with Crippen LogP contribution in [0.5, 0.6) is 0 Å². The van der Waals surface area contributed by atoms with E-state index < -0.39 is 5.97 Å². The van der Waals surface area contributed by atoms with Crippen molar-refractivity contribution in [2.24, 2.45) is 7.05 Å². The number of para-hydroxylation sites is 2. The van der Waals surface area contributed by atoms with E-state index in [2.05, 4.69) is 10.2 Å². The van der Waals surface area contributed by atoms with Gasteiger partial charge in [-0.1, -0.05) is 12.1 Å². The van der Waals surface area contributed by atoms with Gasteiger partial charge in [0, 0.05) is 20.1 Å². The quantitative estimate of drug-likeness (QED) is 0.655. The lowest BCUT2D eigenvalue weighted by Gasteiger charge is -2.22. The number of aromatic nitrogens is 2. The highest BCUT2D eigenvalue weighted by molar-refractivity contribution is 5.98. The van der Waals surface area contributed by atoms with Gasteiger partial charge in [-0.3, -0.25) is 13.9 Å². The number of fused-ring (bicyclic) bond motifs is 1. The topological polar surface area (TPSA) is 85.6 Å². The Balaban J connectivity index is 1.65. The van der Waals surface area contributed by atoms with Crippen molar-refractivity contribution in [3.8, 4) is 0 Å². The summed E-state index contributed by atoms with van der Waals surface area (Å²) in [6.45, 7) is 1.66. The maximum absolute atomic E-state index is 12.9. The Morgan fingerprint density at radius 2 is 1.77 bits per heavy atom. The van der Waals surface area contributed by atoms with Gasteiger partial charge in [0.2, 0.25) is 5.91 Å². The molecule has 8 nitrogen and oxygen atoms in total. The molecule has 0 radical (unpaired) electrons. The number of aryl methyl sites for hydroxylation is 1. The number of methoxy groups -OCH3 is 1. The SMILES string of the molecule is COC(=O)c1ccc(N2CCCC2)c(NC(=O)Cn2c(=O)n(C)c3ccccc32)c1. The molecular formula is C22H24N4O4. The molecule has 0 spiro atoms. The summed E-state index contributed by atoms with van der Waals surface area (Å²) in [5.41, 5.74) is 2.97. The van der Waals surface area contributed by atoms with Crippen LogP contribution in [0.2, 0.25) is 0 Å². The lowest BCUT2D eigenvalue weighted by atomic mass is 10.1. The van der Waals surface area contributed by atoms with Crippen LogP contribution in [0.25, 0.3) is 11.0 Å². The first kappa shape index (κ1) is 19.8. The molecule has 1 aliphatic rings. The molecule has 1 aromatic heterocycles. The smallest absolute Gasteiger partial charge is 0.337 e. The summed E-state index contributed by atoms with van der Waals surface area (Å²) in [7, 11) is 3.01. The van der Waals surface area contributed by atoms with Crippen LogP contribution in [0.1, 0.15) is 23.2 Å². The third kappa shape index (κ3) is 3.56. The van der Waals surface area contributed by atoms with Gasteiger partial charge in [-0.15, -0.1) is 0 Å². The van der Waals surface area contributed by atoms with E-state index in [4.69, 9.17) is 4.74 Å². The van der Waals surface area contributed by atoms with Gasteiger partial charge < -0.3 is 15.0 Å². The third-order valence-electron chi connectivity index (χ3n) is 5.49. The molecule has 4 rings (SSSR count). The Kier molecular flexibility index (Phi) is 5.31. The van der Waals surface area contributed by atoms with Crippen LogP contribution in [0.3, 0.4) is 0 Å². The lowest BCUT2D eigenvalue weighted by Crippen LogP contribution is -2.29. The minimum atomic E-state index is -0.469. The van der Waals surface area contributed by atoms with Crippen LogP contribution >= 0.6 is 0 Å². The zero-order valence-electron chi connectivity index (χ0n) is 17.1. The number of anilines is 2. The van der Waals surface area contributed by atoms with Gasteiger partial charge >= 0.3 is 11.7 Å². The lowest BCUT2D eigenvalue weighted by molar-refractivity contribution is -0.116. The molecule has 0 unspecified atom stereocenters. The fourth-order valence-electron chi connectivity index (χ4n) is 3.96. The van der Waals surface area contributed by atoms with Gasteiger partial charge in [-0.05, 0) is 43.2 Å². The Morgan fingerprint density at radius 1 is 1.07 bits per heavy atom. The number of rotatable bonds is 5. The summed E-state index contributed by atoms with van der Waals surface area (Å²) < 4.78 is 7.78. The number of nitrogens with one attached hydrogen (secondary N) is 1. The van der Waals surface area contributed by atoms with Crippen molar-refractivity contribution in [1.82, 2.24) is 9.13 Å². The number of imidazole rings is 1. The highest BCUT2D eigenvalue weighted by Crippen LogP contribution is 2.30. The Bertz CT molecular complexity index is 1170. The number of ether oxygens (including phenoxy) is 1. The second kappa shape index (κ2) is 8.06. The number of benzene rings is 2. The van der Waals surface area contributed by atoms with E-state index in [9.17, 15) is 14.4 Å². The van der Waals surface area contributed by atoms with E-state index >= 15 is 0 Å². The van der Waals surface area contributed by atoms with Crippen molar-refractivity contribution >= 4 is 34.3 Å². The molecule has 2 aromatic carbocycles. The van der Waals surface area contributed by atoms with Gasteiger partial charge in [0.15, 0.2) is 0 Å².